The highest BCUT2D eigenvalue weighted by Gasteiger charge is 2.30. The van der Waals surface area contributed by atoms with E-state index in [-0.39, 0.29) is 5.91 Å². The van der Waals surface area contributed by atoms with Gasteiger partial charge in [-0.3, -0.25) is 9.48 Å². The average Bonchev–Trinajstić information content (AvgIpc) is 3.43. The zero-order valence-corrected chi connectivity index (χ0v) is 15.1. The second-order valence-corrected chi connectivity index (χ2v) is 7.10. The second kappa shape index (κ2) is 7.57. The fraction of sp³-hybridized carbons (Fsp3) is 0.667. The van der Waals surface area contributed by atoms with Crippen LogP contribution >= 0.6 is 0 Å². The predicted molar refractivity (Wildman–Crippen MR) is 92.7 cm³/mol. The highest BCUT2D eigenvalue weighted by molar-refractivity contribution is 5.92. The maximum absolute atomic E-state index is 12.6. The van der Waals surface area contributed by atoms with E-state index in [1.165, 1.54) is 0 Å². The van der Waals surface area contributed by atoms with Gasteiger partial charge in [0.25, 0.3) is 5.91 Å². The van der Waals surface area contributed by atoms with E-state index < -0.39 is 0 Å². The van der Waals surface area contributed by atoms with Crippen LogP contribution in [0.3, 0.4) is 0 Å². The number of hydrogen-bond donors (Lipinski definition) is 0. The molecule has 2 aliphatic rings. The van der Waals surface area contributed by atoms with E-state index in [0.29, 0.717) is 17.5 Å². The maximum Gasteiger partial charge on any atom is 0.274 e. The van der Waals surface area contributed by atoms with Gasteiger partial charge in [0.2, 0.25) is 5.89 Å². The van der Waals surface area contributed by atoms with E-state index in [0.717, 1.165) is 70.2 Å². The Labute approximate surface area is 152 Å². The van der Waals surface area contributed by atoms with Gasteiger partial charge in [0.15, 0.2) is 5.82 Å². The summed E-state index contributed by atoms with van der Waals surface area (Å²) >= 11 is 0. The van der Waals surface area contributed by atoms with Crippen LogP contribution in [0.4, 0.5) is 0 Å². The van der Waals surface area contributed by atoms with Gasteiger partial charge in [-0.15, -0.1) is 0 Å². The zero-order valence-electron chi connectivity index (χ0n) is 15.1. The summed E-state index contributed by atoms with van der Waals surface area (Å²) in [5.41, 5.74) is 0.522. The molecule has 2 aliphatic heterocycles. The molecule has 0 radical (unpaired) electrons. The van der Waals surface area contributed by atoms with Crippen molar-refractivity contribution in [2.24, 2.45) is 5.92 Å². The first kappa shape index (κ1) is 17.2. The van der Waals surface area contributed by atoms with Crippen LogP contribution in [0.5, 0.6) is 0 Å². The molecular formula is C18H25N5O3. The SMILES string of the molecule is CCn1ccc(C(=O)N2CCC(Cc3noc(C4CCOCC4)n3)C2)n1. The van der Waals surface area contributed by atoms with Gasteiger partial charge in [-0.1, -0.05) is 5.16 Å². The molecule has 140 valence electrons. The third-order valence-corrected chi connectivity index (χ3v) is 5.28. The fourth-order valence-corrected chi connectivity index (χ4v) is 3.72. The normalized spacial score (nSPS) is 21.4. The van der Waals surface area contributed by atoms with Crippen molar-refractivity contribution < 1.29 is 14.1 Å². The van der Waals surface area contributed by atoms with E-state index in [9.17, 15) is 4.79 Å². The van der Waals surface area contributed by atoms with Crippen LogP contribution < -0.4 is 0 Å². The third-order valence-electron chi connectivity index (χ3n) is 5.28. The largest absolute Gasteiger partial charge is 0.381 e. The Balaban J connectivity index is 1.32. The van der Waals surface area contributed by atoms with Crippen molar-refractivity contribution >= 4 is 5.91 Å². The average molecular weight is 359 g/mol. The van der Waals surface area contributed by atoms with Gasteiger partial charge in [-0.05, 0) is 38.2 Å². The Morgan fingerprint density at radius 2 is 2.15 bits per heavy atom. The Kier molecular flexibility index (Phi) is 5.01. The monoisotopic (exact) mass is 359 g/mol. The molecule has 2 saturated heterocycles. The van der Waals surface area contributed by atoms with Crippen LogP contribution in [0.15, 0.2) is 16.8 Å². The zero-order chi connectivity index (χ0) is 17.9. The smallest absolute Gasteiger partial charge is 0.274 e. The fourth-order valence-electron chi connectivity index (χ4n) is 3.72. The summed E-state index contributed by atoms with van der Waals surface area (Å²) < 4.78 is 12.6. The summed E-state index contributed by atoms with van der Waals surface area (Å²) in [7, 11) is 0. The number of likely N-dealkylation sites (tertiary alicyclic amines) is 1. The summed E-state index contributed by atoms with van der Waals surface area (Å²) in [5.74, 6) is 2.18. The van der Waals surface area contributed by atoms with E-state index in [1.54, 1.807) is 10.7 Å². The highest BCUT2D eigenvalue weighted by Crippen LogP contribution is 2.27. The number of amides is 1. The van der Waals surface area contributed by atoms with Crippen molar-refractivity contribution in [3.05, 3.63) is 29.7 Å². The Hall–Kier alpha value is -2.22. The van der Waals surface area contributed by atoms with Crippen molar-refractivity contribution in [1.82, 2.24) is 24.8 Å². The second-order valence-electron chi connectivity index (χ2n) is 7.10. The molecule has 8 nitrogen and oxygen atoms in total. The minimum absolute atomic E-state index is 0.00991. The number of ether oxygens (including phenoxy) is 1. The van der Waals surface area contributed by atoms with E-state index in [2.05, 4.69) is 15.2 Å². The standard InChI is InChI=1S/C18H25N5O3/c1-2-23-8-4-15(20-23)18(24)22-7-3-13(12-22)11-16-19-17(26-21-16)14-5-9-25-10-6-14/h4,8,13-14H,2-3,5-7,9-12H2,1H3. The first-order valence-corrected chi connectivity index (χ1v) is 9.46. The van der Waals surface area contributed by atoms with Crippen molar-refractivity contribution in [1.29, 1.82) is 0 Å². The number of aromatic nitrogens is 4. The van der Waals surface area contributed by atoms with Crippen molar-refractivity contribution in [3.63, 3.8) is 0 Å². The molecule has 0 bridgehead atoms. The molecule has 4 rings (SSSR count). The van der Waals surface area contributed by atoms with Gasteiger partial charge in [0.1, 0.15) is 5.69 Å². The summed E-state index contributed by atoms with van der Waals surface area (Å²) in [5, 5.41) is 8.46. The highest BCUT2D eigenvalue weighted by atomic mass is 16.5. The molecule has 8 heteroatoms. The lowest BCUT2D eigenvalue weighted by molar-refractivity contribution is 0.0776. The molecule has 2 aromatic heterocycles. The number of hydrogen-bond acceptors (Lipinski definition) is 6. The molecule has 2 fully saturated rings. The van der Waals surface area contributed by atoms with Gasteiger partial charge >= 0.3 is 0 Å². The van der Waals surface area contributed by atoms with Crippen LogP contribution in [-0.4, -0.2) is 57.0 Å². The van der Waals surface area contributed by atoms with Crippen LogP contribution in [0.1, 0.15) is 54.3 Å². The molecule has 0 spiro atoms. The quantitative estimate of drug-likeness (QED) is 0.810. The predicted octanol–water partition coefficient (Wildman–Crippen LogP) is 1.88. The molecule has 26 heavy (non-hydrogen) atoms. The number of rotatable bonds is 5. The lowest BCUT2D eigenvalue weighted by atomic mass is 10.0. The first-order chi connectivity index (χ1) is 12.7. The molecular weight excluding hydrogens is 334 g/mol. The molecule has 4 heterocycles. The van der Waals surface area contributed by atoms with Crippen LogP contribution in [0.2, 0.25) is 0 Å². The minimum Gasteiger partial charge on any atom is -0.381 e. The molecule has 1 unspecified atom stereocenters. The van der Waals surface area contributed by atoms with Crippen LogP contribution in [0.25, 0.3) is 0 Å². The van der Waals surface area contributed by atoms with E-state index in [1.807, 2.05) is 18.0 Å². The maximum atomic E-state index is 12.6. The van der Waals surface area contributed by atoms with E-state index in [4.69, 9.17) is 9.26 Å². The molecule has 0 aliphatic carbocycles. The van der Waals surface area contributed by atoms with Gasteiger partial charge in [0, 0.05) is 51.4 Å². The van der Waals surface area contributed by atoms with Gasteiger partial charge in [0.05, 0.1) is 0 Å². The lowest BCUT2D eigenvalue weighted by Gasteiger charge is -2.18. The van der Waals surface area contributed by atoms with Crippen molar-refractivity contribution in [3.8, 4) is 0 Å². The molecule has 1 atom stereocenters. The number of carbonyl (C=O) groups is 1. The molecule has 0 aromatic carbocycles. The number of aryl methyl sites for hydroxylation is 1. The first-order valence-electron chi connectivity index (χ1n) is 9.46. The Morgan fingerprint density at radius 3 is 2.92 bits per heavy atom. The Morgan fingerprint density at radius 1 is 1.31 bits per heavy atom. The van der Waals surface area contributed by atoms with Gasteiger partial charge in [-0.2, -0.15) is 10.1 Å². The number of nitrogens with zero attached hydrogens (tertiary/aromatic N) is 5. The van der Waals surface area contributed by atoms with Crippen molar-refractivity contribution in [2.75, 3.05) is 26.3 Å². The van der Waals surface area contributed by atoms with Gasteiger partial charge < -0.3 is 14.2 Å². The molecule has 0 saturated carbocycles. The lowest BCUT2D eigenvalue weighted by Crippen LogP contribution is -2.29. The summed E-state index contributed by atoms with van der Waals surface area (Å²) in [6.45, 7) is 5.77. The number of carbonyl (C=O) groups excluding carboxylic acids is 1. The summed E-state index contributed by atoms with van der Waals surface area (Å²) in [4.78, 5) is 19.0. The van der Waals surface area contributed by atoms with Crippen LogP contribution in [0, 0.1) is 5.92 Å². The van der Waals surface area contributed by atoms with Crippen molar-refractivity contribution in [2.45, 2.75) is 45.1 Å². The van der Waals surface area contributed by atoms with E-state index >= 15 is 0 Å². The summed E-state index contributed by atoms with van der Waals surface area (Å²) in [6, 6.07) is 1.79. The summed E-state index contributed by atoms with van der Waals surface area (Å²) in [6.07, 6.45) is 5.44. The molecule has 1 amide bonds. The minimum atomic E-state index is 0.00991. The molecule has 2 aromatic rings. The van der Waals surface area contributed by atoms with Crippen LogP contribution in [-0.2, 0) is 17.7 Å². The molecule has 0 N–H and O–H groups in total. The third kappa shape index (κ3) is 3.65. The van der Waals surface area contributed by atoms with Gasteiger partial charge in [-0.25, -0.2) is 0 Å². The topological polar surface area (TPSA) is 86.3 Å². The Bertz CT molecular complexity index is 750.